The van der Waals surface area contributed by atoms with Crippen molar-refractivity contribution in [3.05, 3.63) is 76.5 Å². The molecular weight excluding hydrogens is 585 g/mol. The van der Waals surface area contributed by atoms with Gasteiger partial charge in [0.15, 0.2) is 0 Å². The molecule has 1 amide bonds. The maximum Gasteiger partial charge on any atom is 0.226 e. The predicted octanol–water partition coefficient (Wildman–Crippen LogP) is 7.26. The van der Waals surface area contributed by atoms with Crippen LogP contribution in [0.15, 0.2) is 54.9 Å². The van der Waals surface area contributed by atoms with Gasteiger partial charge in [-0.15, -0.1) is 0 Å². The molecular formula is C30H30Cl2F2N6O2. The minimum absolute atomic E-state index is 0.0108. The minimum atomic E-state index is -0.528. The Labute approximate surface area is 252 Å². The van der Waals surface area contributed by atoms with Crippen molar-refractivity contribution >= 4 is 62.9 Å². The first-order chi connectivity index (χ1) is 20.3. The van der Waals surface area contributed by atoms with Gasteiger partial charge in [-0.25, -0.2) is 18.7 Å². The molecule has 0 radical (unpaired) electrons. The Bertz CT molecular complexity index is 1590. The number of piperidine rings is 1. The summed E-state index contributed by atoms with van der Waals surface area (Å²) in [5.74, 6) is -0.404. The number of likely N-dealkylation sites (tertiary alicyclic amines) is 1. The molecule has 220 valence electrons. The zero-order valence-corrected chi connectivity index (χ0v) is 24.4. The lowest BCUT2D eigenvalue weighted by Crippen LogP contribution is -2.41. The maximum absolute atomic E-state index is 13.7. The van der Waals surface area contributed by atoms with Crippen LogP contribution in [0.4, 0.5) is 31.7 Å². The third kappa shape index (κ3) is 7.36. The predicted molar refractivity (Wildman–Crippen MR) is 163 cm³/mol. The number of rotatable bonds is 10. The molecule has 3 N–H and O–H groups in total. The average Bonchev–Trinajstić information content (AvgIpc) is 2.97. The van der Waals surface area contributed by atoms with E-state index in [0.717, 1.165) is 25.9 Å². The Morgan fingerprint density at radius 2 is 1.67 bits per heavy atom. The number of methoxy groups -OCH3 is 1. The highest BCUT2D eigenvalue weighted by atomic mass is 35.5. The molecule has 8 nitrogen and oxygen atoms in total. The van der Waals surface area contributed by atoms with E-state index in [9.17, 15) is 13.6 Å². The van der Waals surface area contributed by atoms with Crippen LogP contribution in [-0.4, -0.2) is 53.6 Å². The number of aromatic nitrogens is 2. The molecule has 1 aliphatic rings. The van der Waals surface area contributed by atoms with Crippen molar-refractivity contribution in [3.63, 3.8) is 0 Å². The number of nitrogens with zero attached hydrogens (tertiary/aromatic N) is 3. The number of nitrogens with one attached hydrogen (secondary N) is 3. The van der Waals surface area contributed by atoms with Crippen molar-refractivity contribution < 1.29 is 18.3 Å². The molecule has 3 aromatic carbocycles. The van der Waals surface area contributed by atoms with Crippen LogP contribution in [0.1, 0.15) is 25.7 Å². The summed E-state index contributed by atoms with van der Waals surface area (Å²) in [6.45, 7) is 2.55. The fourth-order valence-electron chi connectivity index (χ4n) is 5.02. The quantitative estimate of drug-likeness (QED) is 0.173. The first kappa shape index (κ1) is 29.8. The lowest BCUT2D eigenvalue weighted by Gasteiger charge is -2.31. The smallest absolute Gasteiger partial charge is 0.226 e. The van der Waals surface area contributed by atoms with Crippen LogP contribution in [0.25, 0.3) is 10.9 Å². The third-order valence-corrected chi connectivity index (χ3v) is 7.64. The van der Waals surface area contributed by atoms with E-state index in [1.807, 2.05) is 0 Å². The number of hydrogen-bond donors (Lipinski definition) is 3. The summed E-state index contributed by atoms with van der Waals surface area (Å²) in [5.41, 5.74) is 2.18. The molecule has 2 heterocycles. The van der Waals surface area contributed by atoms with Gasteiger partial charge in [0.05, 0.1) is 28.4 Å². The topological polar surface area (TPSA) is 91.4 Å². The lowest BCUT2D eigenvalue weighted by atomic mass is 10.1. The van der Waals surface area contributed by atoms with Gasteiger partial charge in [0.25, 0.3) is 0 Å². The second kappa shape index (κ2) is 13.5. The zero-order chi connectivity index (χ0) is 29.6. The molecule has 0 aliphatic carbocycles. The van der Waals surface area contributed by atoms with Crippen LogP contribution < -0.4 is 20.7 Å². The summed E-state index contributed by atoms with van der Waals surface area (Å²) in [6, 6.07) is 11.9. The Balaban J connectivity index is 1.37. The molecule has 1 saturated heterocycles. The van der Waals surface area contributed by atoms with Crippen molar-refractivity contribution in [3.8, 4) is 5.75 Å². The van der Waals surface area contributed by atoms with Gasteiger partial charge >= 0.3 is 0 Å². The first-order valence-corrected chi connectivity index (χ1v) is 14.3. The molecule has 1 unspecified atom stereocenters. The minimum Gasteiger partial charge on any atom is -0.494 e. The fourth-order valence-corrected chi connectivity index (χ4v) is 5.38. The van der Waals surface area contributed by atoms with Crippen LogP contribution in [0.3, 0.4) is 0 Å². The van der Waals surface area contributed by atoms with Crippen molar-refractivity contribution in [2.24, 2.45) is 0 Å². The van der Waals surface area contributed by atoms with E-state index in [1.54, 1.807) is 24.3 Å². The molecule has 4 aromatic rings. The van der Waals surface area contributed by atoms with Crippen molar-refractivity contribution in [1.29, 1.82) is 0 Å². The number of carbonyl (C=O) groups excluding carboxylic acids is 1. The summed E-state index contributed by atoms with van der Waals surface area (Å²) in [6.07, 6.45) is 4.94. The summed E-state index contributed by atoms with van der Waals surface area (Å²) in [4.78, 5) is 24.4. The summed E-state index contributed by atoms with van der Waals surface area (Å²) < 4.78 is 33.0. The van der Waals surface area contributed by atoms with E-state index >= 15 is 0 Å². The summed E-state index contributed by atoms with van der Waals surface area (Å²) in [5, 5.41) is 10.1. The molecule has 1 atom stereocenters. The molecule has 12 heteroatoms. The highest BCUT2D eigenvalue weighted by Crippen LogP contribution is 2.34. The Morgan fingerprint density at radius 3 is 2.36 bits per heavy atom. The van der Waals surface area contributed by atoms with E-state index in [0.29, 0.717) is 46.1 Å². The molecule has 42 heavy (non-hydrogen) atoms. The molecule has 1 fully saturated rings. The van der Waals surface area contributed by atoms with E-state index < -0.39 is 11.6 Å². The maximum atomic E-state index is 13.7. The number of halogens is 4. The van der Waals surface area contributed by atoms with Gasteiger partial charge in [0.2, 0.25) is 5.91 Å². The van der Waals surface area contributed by atoms with Gasteiger partial charge in [-0.2, -0.15) is 0 Å². The van der Waals surface area contributed by atoms with E-state index in [2.05, 4.69) is 30.8 Å². The fraction of sp³-hybridized carbons (Fsp3) is 0.300. The van der Waals surface area contributed by atoms with Crippen molar-refractivity contribution in [2.75, 3.05) is 42.7 Å². The Hall–Kier alpha value is -3.73. The summed E-state index contributed by atoms with van der Waals surface area (Å²) in [7, 11) is 1.51. The molecule has 0 bridgehead atoms. The monoisotopic (exact) mass is 614 g/mol. The van der Waals surface area contributed by atoms with Crippen LogP contribution in [0, 0.1) is 11.6 Å². The first-order valence-electron chi connectivity index (χ1n) is 13.6. The van der Waals surface area contributed by atoms with Crippen LogP contribution in [0.2, 0.25) is 10.0 Å². The highest BCUT2D eigenvalue weighted by molar-refractivity contribution is 6.31. The number of hydrogen-bond acceptors (Lipinski definition) is 7. The zero-order valence-electron chi connectivity index (χ0n) is 22.9. The number of anilines is 4. The van der Waals surface area contributed by atoms with E-state index in [1.165, 1.54) is 44.1 Å². The van der Waals surface area contributed by atoms with E-state index in [4.69, 9.17) is 27.9 Å². The van der Waals surface area contributed by atoms with Crippen LogP contribution in [0.5, 0.6) is 5.75 Å². The van der Waals surface area contributed by atoms with E-state index in [-0.39, 0.29) is 28.4 Å². The van der Waals surface area contributed by atoms with Gasteiger partial charge in [-0.1, -0.05) is 29.6 Å². The van der Waals surface area contributed by atoms with Crippen LogP contribution >= 0.6 is 23.2 Å². The van der Waals surface area contributed by atoms with Gasteiger partial charge in [0.1, 0.15) is 29.5 Å². The van der Waals surface area contributed by atoms with Gasteiger partial charge in [-0.05, 0) is 68.4 Å². The van der Waals surface area contributed by atoms with Gasteiger partial charge in [0, 0.05) is 41.8 Å². The number of benzene rings is 3. The second-order valence-corrected chi connectivity index (χ2v) is 10.9. The number of ether oxygens (including phenoxy) is 1. The average molecular weight is 616 g/mol. The standard InChI is InChI=1S/C30H30Cl2F2N6O2/c1-42-28-15-26-21(30(36-17-35-26)38-19-6-8-25(34)23(32)12-19)14-27(28)39-29(41)13-20(16-40-9-3-2-4-10-40)37-18-5-7-24(33)22(31)11-18/h5-8,11-12,14-15,17,20,37H,2-4,9-10,13,16H2,1H3,(H,39,41)(H,35,36,38). The largest absolute Gasteiger partial charge is 0.494 e. The number of amides is 1. The third-order valence-electron chi connectivity index (χ3n) is 7.06. The molecule has 5 rings (SSSR count). The molecule has 1 aromatic heterocycles. The number of fused-ring (bicyclic) bond motifs is 1. The van der Waals surface area contributed by atoms with Gasteiger partial charge < -0.3 is 25.6 Å². The van der Waals surface area contributed by atoms with Crippen LogP contribution in [-0.2, 0) is 4.79 Å². The second-order valence-electron chi connectivity index (χ2n) is 10.1. The molecule has 0 saturated carbocycles. The Morgan fingerprint density at radius 1 is 0.976 bits per heavy atom. The highest BCUT2D eigenvalue weighted by Gasteiger charge is 2.21. The van der Waals surface area contributed by atoms with Crippen molar-refractivity contribution in [1.82, 2.24) is 14.9 Å². The number of carbonyl (C=O) groups is 1. The van der Waals surface area contributed by atoms with Crippen molar-refractivity contribution in [2.45, 2.75) is 31.7 Å². The summed E-state index contributed by atoms with van der Waals surface area (Å²) >= 11 is 12.0. The SMILES string of the molecule is COc1cc2ncnc(Nc3ccc(F)c(Cl)c3)c2cc1NC(=O)CC(CN1CCCCC1)Nc1ccc(F)c(Cl)c1. The molecule has 1 aliphatic heterocycles. The normalized spacial score (nSPS) is 14.4. The van der Waals surface area contributed by atoms with Gasteiger partial charge in [-0.3, -0.25) is 4.79 Å². The Kier molecular flexibility index (Phi) is 9.56. The molecule has 0 spiro atoms. The lowest BCUT2D eigenvalue weighted by molar-refractivity contribution is -0.116.